The fourth-order valence-electron chi connectivity index (χ4n) is 2.93. The van der Waals surface area contributed by atoms with Crippen molar-refractivity contribution in [3.8, 4) is 0 Å². The lowest BCUT2D eigenvalue weighted by Gasteiger charge is -2.20. The molecule has 1 aliphatic rings. The summed E-state index contributed by atoms with van der Waals surface area (Å²) in [6.07, 6.45) is 5.97. The molecule has 0 unspecified atom stereocenters. The Labute approximate surface area is 123 Å². The maximum atomic E-state index is 12.1. The van der Waals surface area contributed by atoms with Crippen molar-refractivity contribution in [1.29, 1.82) is 0 Å². The van der Waals surface area contributed by atoms with Crippen molar-refractivity contribution in [2.75, 3.05) is 6.61 Å². The standard InChI is InChI=1S/C17H19NO3/c19-16-10-15(18-14-9-5-4-8-13(14)16)17(20)21-11-12-6-2-1-3-7-12/h4-5,8-10,12H,1-3,6-7,11H2,(H,18,19). The van der Waals surface area contributed by atoms with E-state index in [2.05, 4.69) is 4.98 Å². The number of para-hydroxylation sites is 1. The van der Waals surface area contributed by atoms with Crippen LogP contribution in [-0.2, 0) is 4.74 Å². The van der Waals surface area contributed by atoms with Crippen LogP contribution in [-0.4, -0.2) is 17.6 Å². The number of hydrogen-bond donors (Lipinski definition) is 1. The van der Waals surface area contributed by atoms with Crippen molar-refractivity contribution < 1.29 is 9.53 Å². The SMILES string of the molecule is O=C(OCC1CCCCC1)c1cc(=O)c2ccccc2[nH]1. The zero-order valence-electron chi connectivity index (χ0n) is 11.9. The van der Waals surface area contributed by atoms with E-state index in [1.807, 2.05) is 6.07 Å². The Morgan fingerprint density at radius 3 is 2.76 bits per heavy atom. The van der Waals surface area contributed by atoms with Crippen LogP contribution in [0.4, 0.5) is 0 Å². The molecule has 21 heavy (non-hydrogen) atoms. The number of ether oxygens (including phenoxy) is 1. The monoisotopic (exact) mass is 285 g/mol. The second-order valence-electron chi connectivity index (χ2n) is 5.70. The normalized spacial score (nSPS) is 16.0. The molecular weight excluding hydrogens is 266 g/mol. The minimum Gasteiger partial charge on any atom is -0.461 e. The lowest BCUT2D eigenvalue weighted by Crippen LogP contribution is -2.18. The van der Waals surface area contributed by atoms with Gasteiger partial charge in [0.15, 0.2) is 5.43 Å². The van der Waals surface area contributed by atoms with E-state index in [-0.39, 0.29) is 11.1 Å². The molecule has 0 amide bonds. The Morgan fingerprint density at radius 1 is 1.19 bits per heavy atom. The van der Waals surface area contributed by atoms with Crippen LogP contribution in [0.2, 0.25) is 0 Å². The Morgan fingerprint density at radius 2 is 1.95 bits per heavy atom. The number of carbonyl (C=O) groups is 1. The number of benzene rings is 1. The van der Waals surface area contributed by atoms with Crippen LogP contribution in [0.25, 0.3) is 10.9 Å². The molecule has 4 heteroatoms. The van der Waals surface area contributed by atoms with Crippen LogP contribution in [0.15, 0.2) is 35.1 Å². The first-order valence-electron chi connectivity index (χ1n) is 7.53. The third-order valence-corrected chi connectivity index (χ3v) is 4.13. The van der Waals surface area contributed by atoms with Gasteiger partial charge >= 0.3 is 5.97 Å². The molecule has 0 spiro atoms. The summed E-state index contributed by atoms with van der Waals surface area (Å²) >= 11 is 0. The maximum Gasteiger partial charge on any atom is 0.354 e. The number of nitrogens with one attached hydrogen (secondary N) is 1. The van der Waals surface area contributed by atoms with Gasteiger partial charge in [-0.15, -0.1) is 0 Å². The molecule has 1 aliphatic carbocycles. The third kappa shape index (κ3) is 3.15. The van der Waals surface area contributed by atoms with Gasteiger partial charge in [-0.2, -0.15) is 0 Å². The smallest absolute Gasteiger partial charge is 0.354 e. The van der Waals surface area contributed by atoms with E-state index in [9.17, 15) is 9.59 Å². The third-order valence-electron chi connectivity index (χ3n) is 4.13. The fraction of sp³-hybridized carbons (Fsp3) is 0.412. The van der Waals surface area contributed by atoms with E-state index in [1.165, 1.54) is 25.3 Å². The van der Waals surface area contributed by atoms with Crippen LogP contribution >= 0.6 is 0 Å². The second kappa shape index (κ2) is 6.12. The zero-order chi connectivity index (χ0) is 14.7. The van der Waals surface area contributed by atoms with Gasteiger partial charge in [-0.3, -0.25) is 4.79 Å². The van der Waals surface area contributed by atoms with Crippen molar-refractivity contribution in [3.05, 3.63) is 46.2 Å². The van der Waals surface area contributed by atoms with E-state index in [0.29, 0.717) is 23.4 Å². The highest BCUT2D eigenvalue weighted by atomic mass is 16.5. The molecule has 2 aromatic rings. The summed E-state index contributed by atoms with van der Waals surface area (Å²) in [6, 6.07) is 8.49. The van der Waals surface area contributed by atoms with Gasteiger partial charge in [0.2, 0.25) is 0 Å². The molecule has 110 valence electrons. The molecule has 0 aliphatic heterocycles. The first-order chi connectivity index (χ1) is 10.2. The number of rotatable bonds is 3. The lowest BCUT2D eigenvalue weighted by atomic mass is 9.90. The average Bonchev–Trinajstić information content (AvgIpc) is 2.53. The molecule has 1 aromatic carbocycles. The molecule has 0 bridgehead atoms. The van der Waals surface area contributed by atoms with Gasteiger partial charge in [0, 0.05) is 17.0 Å². The molecule has 1 fully saturated rings. The number of fused-ring (bicyclic) bond motifs is 1. The number of esters is 1. The van der Waals surface area contributed by atoms with E-state index in [0.717, 1.165) is 12.8 Å². The van der Waals surface area contributed by atoms with E-state index < -0.39 is 5.97 Å². The molecule has 0 radical (unpaired) electrons. The van der Waals surface area contributed by atoms with Crippen LogP contribution in [0.5, 0.6) is 0 Å². The molecule has 3 rings (SSSR count). The number of aromatic amines is 1. The van der Waals surface area contributed by atoms with E-state index >= 15 is 0 Å². The quantitative estimate of drug-likeness (QED) is 0.880. The van der Waals surface area contributed by atoms with Gasteiger partial charge in [0.25, 0.3) is 0 Å². The molecule has 1 N–H and O–H groups in total. The molecule has 4 nitrogen and oxygen atoms in total. The van der Waals surface area contributed by atoms with Crippen molar-refractivity contribution in [2.45, 2.75) is 32.1 Å². The topological polar surface area (TPSA) is 59.2 Å². The molecule has 1 saturated carbocycles. The first kappa shape index (κ1) is 13.9. The minimum absolute atomic E-state index is 0.158. The number of carbonyl (C=O) groups excluding carboxylic acids is 1. The van der Waals surface area contributed by atoms with Crippen molar-refractivity contribution in [3.63, 3.8) is 0 Å². The maximum absolute atomic E-state index is 12.1. The van der Waals surface area contributed by atoms with E-state index in [1.54, 1.807) is 18.2 Å². The summed E-state index contributed by atoms with van der Waals surface area (Å²) in [5.41, 5.74) is 0.734. The van der Waals surface area contributed by atoms with Gasteiger partial charge < -0.3 is 9.72 Å². The summed E-state index contributed by atoms with van der Waals surface area (Å²) < 4.78 is 5.36. The number of hydrogen-bond acceptors (Lipinski definition) is 3. The molecule has 1 heterocycles. The summed E-state index contributed by atoms with van der Waals surface area (Å²) in [5, 5.41) is 0.585. The van der Waals surface area contributed by atoms with Gasteiger partial charge in [-0.05, 0) is 30.9 Å². The van der Waals surface area contributed by atoms with Gasteiger partial charge in [-0.25, -0.2) is 4.79 Å². The minimum atomic E-state index is -0.441. The molecule has 0 atom stereocenters. The zero-order valence-corrected chi connectivity index (χ0v) is 11.9. The van der Waals surface area contributed by atoms with Crippen molar-refractivity contribution in [2.24, 2.45) is 5.92 Å². The Kier molecular flexibility index (Phi) is 4.04. The number of aromatic nitrogens is 1. The number of pyridine rings is 1. The highest BCUT2D eigenvalue weighted by Crippen LogP contribution is 2.23. The predicted octanol–water partition coefficient (Wildman–Crippen LogP) is 3.27. The summed E-state index contributed by atoms with van der Waals surface area (Å²) in [4.78, 5) is 27.1. The lowest BCUT2D eigenvalue weighted by molar-refractivity contribution is 0.0404. The second-order valence-corrected chi connectivity index (χ2v) is 5.70. The van der Waals surface area contributed by atoms with Crippen LogP contribution in [0.3, 0.4) is 0 Å². The summed E-state index contributed by atoms with van der Waals surface area (Å²) in [5.74, 6) is 0.0262. The Bertz CT molecular complexity index is 698. The van der Waals surface area contributed by atoms with Crippen molar-refractivity contribution >= 4 is 16.9 Å². The van der Waals surface area contributed by atoms with Gasteiger partial charge in [0.05, 0.1) is 6.61 Å². The highest BCUT2D eigenvalue weighted by molar-refractivity contribution is 5.90. The Hall–Kier alpha value is -2.10. The number of H-pyrrole nitrogens is 1. The molecule has 1 aromatic heterocycles. The fourth-order valence-corrected chi connectivity index (χ4v) is 2.93. The average molecular weight is 285 g/mol. The largest absolute Gasteiger partial charge is 0.461 e. The molecular formula is C17H19NO3. The van der Waals surface area contributed by atoms with Crippen LogP contribution in [0, 0.1) is 5.92 Å². The highest BCUT2D eigenvalue weighted by Gasteiger charge is 2.17. The Balaban J connectivity index is 1.73. The van der Waals surface area contributed by atoms with Crippen molar-refractivity contribution in [1.82, 2.24) is 4.98 Å². The first-order valence-corrected chi connectivity index (χ1v) is 7.53. The van der Waals surface area contributed by atoms with Crippen LogP contribution < -0.4 is 5.43 Å². The molecule has 0 saturated heterocycles. The van der Waals surface area contributed by atoms with E-state index in [4.69, 9.17) is 4.74 Å². The van der Waals surface area contributed by atoms with Crippen LogP contribution in [0.1, 0.15) is 42.6 Å². The summed E-state index contributed by atoms with van der Waals surface area (Å²) in [7, 11) is 0. The van der Waals surface area contributed by atoms with Gasteiger partial charge in [0.1, 0.15) is 5.69 Å². The summed E-state index contributed by atoms with van der Waals surface area (Å²) in [6.45, 7) is 0.452. The van der Waals surface area contributed by atoms with Gasteiger partial charge in [-0.1, -0.05) is 31.4 Å². The predicted molar refractivity (Wildman–Crippen MR) is 81.4 cm³/mol.